The zero-order valence-electron chi connectivity index (χ0n) is 25.2. The van der Waals surface area contributed by atoms with Crippen LogP contribution in [0.3, 0.4) is 0 Å². The van der Waals surface area contributed by atoms with Crippen LogP contribution in [-0.2, 0) is 0 Å². The van der Waals surface area contributed by atoms with Gasteiger partial charge in [0.05, 0.1) is 10.4 Å². The fourth-order valence-corrected chi connectivity index (χ4v) is 8.28. The lowest BCUT2D eigenvalue weighted by atomic mass is 10.0. The van der Waals surface area contributed by atoms with Crippen LogP contribution in [0, 0.1) is 0 Å². The number of anilines is 3. The third kappa shape index (κ3) is 4.09. The molecule has 7 aromatic carbocycles. The second-order valence-electron chi connectivity index (χ2n) is 12.0. The number of oxazole rings is 1. The summed E-state index contributed by atoms with van der Waals surface area (Å²) < 4.78 is 9.13. The van der Waals surface area contributed by atoms with Crippen LogP contribution < -0.4 is 4.90 Å². The largest absolute Gasteiger partial charge is 0.435 e. The molecule has 0 bridgehead atoms. The van der Waals surface area contributed by atoms with E-state index < -0.39 is 0 Å². The molecule has 0 saturated heterocycles. The molecule has 0 atom stereocenters. The van der Waals surface area contributed by atoms with Crippen molar-refractivity contribution in [3.63, 3.8) is 0 Å². The van der Waals surface area contributed by atoms with Crippen LogP contribution in [-0.4, -0.2) is 4.98 Å². The van der Waals surface area contributed by atoms with Crippen LogP contribution >= 0.6 is 11.3 Å². The van der Waals surface area contributed by atoms with Gasteiger partial charge in [-0.2, -0.15) is 0 Å². The van der Waals surface area contributed by atoms with Crippen molar-refractivity contribution < 1.29 is 4.42 Å². The molecular formula is C43H26N2OS. The van der Waals surface area contributed by atoms with E-state index >= 15 is 0 Å². The van der Waals surface area contributed by atoms with E-state index in [0.717, 1.165) is 45.2 Å². The first kappa shape index (κ1) is 26.3. The summed E-state index contributed by atoms with van der Waals surface area (Å²) in [5.41, 5.74) is 9.80. The van der Waals surface area contributed by atoms with Gasteiger partial charge in [0.1, 0.15) is 5.69 Å². The minimum absolute atomic E-state index is 0.645. The molecule has 0 unspecified atom stereocenters. The van der Waals surface area contributed by atoms with Crippen LogP contribution in [0.2, 0.25) is 0 Å². The van der Waals surface area contributed by atoms with Gasteiger partial charge >= 0.3 is 0 Å². The van der Waals surface area contributed by atoms with Crippen LogP contribution in [0.15, 0.2) is 162 Å². The first-order chi connectivity index (χ1) is 23.3. The van der Waals surface area contributed by atoms with E-state index in [1.54, 1.807) is 0 Å². The van der Waals surface area contributed by atoms with E-state index in [2.05, 4.69) is 132 Å². The number of hydrogen-bond acceptors (Lipinski definition) is 4. The van der Waals surface area contributed by atoms with E-state index in [0.29, 0.717) is 5.89 Å². The van der Waals surface area contributed by atoms with E-state index in [1.165, 1.54) is 42.1 Å². The van der Waals surface area contributed by atoms with E-state index in [-0.39, 0.29) is 0 Å². The maximum atomic E-state index is 6.58. The first-order valence-electron chi connectivity index (χ1n) is 15.8. The van der Waals surface area contributed by atoms with Crippen molar-refractivity contribution in [3.8, 4) is 45.2 Å². The molecule has 9 aromatic rings. The van der Waals surface area contributed by atoms with Crippen LogP contribution in [0.25, 0.3) is 76.1 Å². The number of fused-ring (bicyclic) bond motifs is 6. The molecule has 0 radical (unpaired) electrons. The average molecular weight is 619 g/mol. The fourth-order valence-electron chi connectivity index (χ4n) is 7.08. The number of rotatable bonds is 5. The Morgan fingerprint density at radius 3 is 2.06 bits per heavy atom. The summed E-state index contributed by atoms with van der Waals surface area (Å²) in [6.07, 6.45) is 0. The highest BCUT2D eigenvalue weighted by atomic mass is 32.1. The van der Waals surface area contributed by atoms with Crippen molar-refractivity contribution in [1.82, 2.24) is 4.98 Å². The molecule has 0 fully saturated rings. The fraction of sp³-hybridized carbons (Fsp3) is 0. The third-order valence-electron chi connectivity index (χ3n) is 9.22. The molecule has 3 nitrogen and oxygen atoms in total. The molecule has 4 heteroatoms. The van der Waals surface area contributed by atoms with Gasteiger partial charge in [0.2, 0.25) is 5.89 Å². The number of hydrogen-bond donors (Lipinski definition) is 0. The van der Waals surface area contributed by atoms with E-state index in [1.807, 2.05) is 41.7 Å². The van der Waals surface area contributed by atoms with Gasteiger partial charge in [-0.25, -0.2) is 4.98 Å². The van der Waals surface area contributed by atoms with Crippen molar-refractivity contribution in [3.05, 3.63) is 158 Å². The lowest BCUT2D eigenvalue weighted by molar-refractivity contribution is 0.590. The van der Waals surface area contributed by atoms with Crippen LogP contribution in [0.4, 0.5) is 17.1 Å². The maximum Gasteiger partial charge on any atom is 0.227 e. The Labute approximate surface area is 275 Å². The molecule has 2 heterocycles. The molecule has 0 saturated carbocycles. The predicted octanol–water partition coefficient (Wildman–Crippen LogP) is 12.6. The summed E-state index contributed by atoms with van der Waals surface area (Å²) in [6.45, 7) is 0. The molecule has 47 heavy (non-hydrogen) atoms. The normalized spacial score (nSPS) is 11.8. The summed E-state index contributed by atoms with van der Waals surface area (Å²) in [7, 11) is 0. The Morgan fingerprint density at radius 1 is 0.532 bits per heavy atom. The van der Waals surface area contributed by atoms with Crippen molar-refractivity contribution in [2.24, 2.45) is 0 Å². The molecule has 0 aliphatic heterocycles. The van der Waals surface area contributed by atoms with Gasteiger partial charge in [-0.15, -0.1) is 11.3 Å². The number of aromatic nitrogens is 1. The van der Waals surface area contributed by atoms with Crippen molar-refractivity contribution >= 4 is 59.3 Å². The average Bonchev–Trinajstić information content (AvgIpc) is 3.83. The smallest absolute Gasteiger partial charge is 0.227 e. The van der Waals surface area contributed by atoms with Gasteiger partial charge in [-0.3, -0.25) is 0 Å². The molecular weight excluding hydrogens is 593 g/mol. The van der Waals surface area contributed by atoms with Crippen molar-refractivity contribution in [2.45, 2.75) is 0 Å². The molecule has 220 valence electrons. The lowest BCUT2D eigenvalue weighted by Gasteiger charge is -2.27. The van der Waals surface area contributed by atoms with Gasteiger partial charge in [0.15, 0.2) is 5.76 Å². The zero-order valence-corrected chi connectivity index (χ0v) is 26.0. The minimum atomic E-state index is 0.645. The van der Waals surface area contributed by atoms with Crippen LogP contribution in [0.5, 0.6) is 0 Å². The Morgan fingerprint density at radius 2 is 1.23 bits per heavy atom. The summed E-state index contributed by atoms with van der Waals surface area (Å²) >= 11 is 1.85. The molecule has 0 spiro atoms. The Balaban J connectivity index is 1.21. The molecule has 0 amide bonds. The van der Waals surface area contributed by atoms with E-state index in [4.69, 9.17) is 9.40 Å². The van der Waals surface area contributed by atoms with Gasteiger partial charge < -0.3 is 9.32 Å². The van der Waals surface area contributed by atoms with Gasteiger partial charge in [0.25, 0.3) is 0 Å². The monoisotopic (exact) mass is 618 g/mol. The number of nitrogens with zero attached hydrogens (tertiary/aromatic N) is 2. The highest BCUT2D eigenvalue weighted by molar-refractivity contribution is 7.26. The molecule has 1 aliphatic carbocycles. The zero-order chi connectivity index (χ0) is 30.9. The first-order valence-corrected chi connectivity index (χ1v) is 16.6. The van der Waals surface area contributed by atoms with Gasteiger partial charge in [-0.05, 0) is 65.0 Å². The predicted molar refractivity (Wildman–Crippen MR) is 197 cm³/mol. The second-order valence-corrected chi connectivity index (χ2v) is 13.0. The Hall–Kier alpha value is -5.97. The van der Waals surface area contributed by atoms with Crippen LogP contribution in [0.1, 0.15) is 0 Å². The lowest BCUT2D eigenvalue weighted by Crippen LogP contribution is -2.10. The van der Waals surface area contributed by atoms with Crippen molar-refractivity contribution in [1.29, 1.82) is 0 Å². The number of thiophene rings is 1. The van der Waals surface area contributed by atoms with E-state index in [9.17, 15) is 0 Å². The highest BCUT2D eigenvalue weighted by Crippen LogP contribution is 2.52. The Bertz CT molecular complexity index is 2620. The minimum Gasteiger partial charge on any atom is -0.435 e. The molecule has 0 N–H and O–H groups in total. The van der Waals surface area contributed by atoms with Gasteiger partial charge in [-0.1, -0.05) is 109 Å². The quantitative estimate of drug-likeness (QED) is 0.192. The van der Waals surface area contributed by atoms with Crippen molar-refractivity contribution in [2.75, 3.05) is 4.90 Å². The summed E-state index contributed by atoms with van der Waals surface area (Å²) in [5, 5.41) is 4.91. The number of benzene rings is 7. The maximum absolute atomic E-state index is 6.58. The Kier molecular flexibility index (Phi) is 5.74. The topological polar surface area (TPSA) is 29.3 Å². The molecule has 10 rings (SSSR count). The molecule has 2 aromatic heterocycles. The molecule has 1 aliphatic rings. The third-order valence-corrected chi connectivity index (χ3v) is 10.4. The summed E-state index contributed by atoms with van der Waals surface area (Å²) in [4.78, 5) is 7.42. The summed E-state index contributed by atoms with van der Waals surface area (Å²) in [6, 6.07) is 56.1. The van der Waals surface area contributed by atoms with Gasteiger partial charge in [0, 0.05) is 48.9 Å². The second kappa shape index (κ2) is 10.3. The highest BCUT2D eigenvalue weighted by Gasteiger charge is 2.30. The standard InChI is InChI=1S/C43H26N2OS/c1-3-11-27(12-4-1)28-21-23-31(24-22-28)45(37-19-10-17-34-33-16-7-8-20-38(33)47-42(34)37)32-25-30-15-9-18-35-39(30)36(26-32)41-40(35)44-43(46-41)29-13-5-2-6-14-29/h1-26H. The SMILES string of the molecule is c1ccc(-c2ccc(N(c3cc4c5c(cccc5c3)-c3nc(-c5ccccc5)oc3-4)c3cccc4c3sc3ccccc34)cc2)cc1. The summed E-state index contributed by atoms with van der Waals surface area (Å²) in [5.74, 6) is 1.48.